The van der Waals surface area contributed by atoms with E-state index < -0.39 is 0 Å². The topological polar surface area (TPSA) is 63.7 Å². The van der Waals surface area contributed by atoms with Crippen LogP contribution in [0, 0.1) is 0 Å². The molecule has 1 amide bonds. The fraction of sp³-hybridized carbons (Fsp3) is 0.444. The van der Waals surface area contributed by atoms with Gasteiger partial charge in [0.05, 0.1) is 5.69 Å². The van der Waals surface area contributed by atoms with E-state index in [1.54, 1.807) is 11.3 Å². The SMILES string of the molecule is CC(=O)Nc1nc2c(s1)CCN(C(C)c1ccc3c(c1)OCO3)CC2. The summed E-state index contributed by atoms with van der Waals surface area (Å²) in [5, 5.41) is 3.51. The van der Waals surface area contributed by atoms with E-state index in [4.69, 9.17) is 9.47 Å². The number of ether oxygens (including phenoxy) is 2. The highest BCUT2D eigenvalue weighted by atomic mass is 32.1. The van der Waals surface area contributed by atoms with Crippen LogP contribution in [0.15, 0.2) is 18.2 Å². The van der Waals surface area contributed by atoms with E-state index in [9.17, 15) is 4.79 Å². The number of rotatable bonds is 3. The first-order valence-electron chi connectivity index (χ1n) is 8.50. The lowest BCUT2D eigenvalue weighted by molar-refractivity contribution is -0.114. The van der Waals surface area contributed by atoms with Crippen molar-refractivity contribution >= 4 is 22.4 Å². The minimum Gasteiger partial charge on any atom is -0.454 e. The molecule has 3 heterocycles. The summed E-state index contributed by atoms with van der Waals surface area (Å²) in [5.74, 6) is 1.59. The van der Waals surface area contributed by atoms with Crippen molar-refractivity contribution in [2.24, 2.45) is 0 Å². The number of fused-ring (bicyclic) bond motifs is 2. The zero-order valence-corrected chi connectivity index (χ0v) is 15.2. The van der Waals surface area contributed by atoms with Gasteiger partial charge in [0, 0.05) is 37.4 Å². The predicted molar refractivity (Wildman–Crippen MR) is 96.4 cm³/mol. The van der Waals surface area contributed by atoms with E-state index in [0.717, 1.165) is 48.3 Å². The lowest BCUT2D eigenvalue weighted by Gasteiger charge is -2.28. The first-order valence-corrected chi connectivity index (χ1v) is 9.31. The lowest BCUT2D eigenvalue weighted by atomic mass is 10.1. The van der Waals surface area contributed by atoms with E-state index in [1.165, 1.54) is 17.4 Å². The molecule has 1 N–H and O–H groups in total. The van der Waals surface area contributed by atoms with Gasteiger partial charge in [-0.1, -0.05) is 6.07 Å². The average molecular weight is 359 g/mol. The van der Waals surface area contributed by atoms with E-state index in [0.29, 0.717) is 12.8 Å². The third-order valence-corrected chi connectivity index (χ3v) is 5.82. The van der Waals surface area contributed by atoms with Gasteiger partial charge in [0.1, 0.15) is 0 Å². The second kappa shape index (κ2) is 6.65. The molecule has 2 aliphatic rings. The minimum atomic E-state index is -0.0676. The molecule has 0 saturated heterocycles. The first kappa shape index (κ1) is 16.4. The monoisotopic (exact) mass is 359 g/mol. The van der Waals surface area contributed by atoms with E-state index in [-0.39, 0.29) is 5.91 Å². The second-order valence-corrected chi connectivity index (χ2v) is 7.48. The van der Waals surface area contributed by atoms with Crippen LogP contribution in [0.5, 0.6) is 11.5 Å². The predicted octanol–water partition coefficient (Wildman–Crippen LogP) is 2.99. The zero-order chi connectivity index (χ0) is 17.4. The molecule has 0 fully saturated rings. The number of amides is 1. The Hall–Kier alpha value is -2.12. The number of aromatic nitrogens is 1. The Morgan fingerprint density at radius 2 is 2.08 bits per heavy atom. The summed E-state index contributed by atoms with van der Waals surface area (Å²) in [5.41, 5.74) is 2.36. The van der Waals surface area contributed by atoms with Crippen molar-refractivity contribution in [2.75, 3.05) is 25.2 Å². The van der Waals surface area contributed by atoms with Crippen molar-refractivity contribution in [3.63, 3.8) is 0 Å². The Kier molecular flexibility index (Phi) is 4.35. The van der Waals surface area contributed by atoms with Crippen LogP contribution >= 0.6 is 11.3 Å². The van der Waals surface area contributed by atoms with Crippen LogP contribution in [0.4, 0.5) is 5.13 Å². The summed E-state index contributed by atoms with van der Waals surface area (Å²) in [7, 11) is 0. The summed E-state index contributed by atoms with van der Waals surface area (Å²) < 4.78 is 10.9. The number of carbonyl (C=O) groups excluding carboxylic acids is 1. The van der Waals surface area contributed by atoms with Gasteiger partial charge in [-0.2, -0.15) is 0 Å². The van der Waals surface area contributed by atoms with Gasteiger partial charge in [-0.15, -0.1) is 11.3 Å². The molecule has 1 atom stereocenters. The number of thiazole rings is 1. The normalized spacial score (nSPS) is 17.7. The summed E-state index contributed by atoms with van der Waals surface area (Å²) in [6.45, 7) is 5.98. The minimum absolute atomic E-state index is 0.0676. The first-order chi connectivity index (χ1) is 12.1. The van der Waals surface area contributed by atoms with E-state index in [2.05, 4.69) is 34.3 Å². The van der Waals surface area contributed by atoms with Crippen molar-refractivity contribution < 1.29 is 14.3 Å². The molecule has 1 aromatic heterocycles. The van der Waals surface area contributed by atoms with Gasteiger partial charge >= 0.3 is 0 Å². The fourth-order valence-corrected chi connectivity index (χ4v) is 4.40. The number of nitrogens with zero attached hydrogens (tertiary/aromatic N) is 2. The highest BCUT2D eigenvalue weighted by molar-refractivity contribution is 7.15. The maximum atomic E-state index is 11.2. The van der Waals surface area contributed by atoms with Crippen LogP contribution in [0.1, 0.15) is 36.0 Å². The van der Waals surface area contributed by atoms with Crippen LogP contribution in [0.2, 0.25) is 0 Å². The third-order valence-electron chi connectivity index (χ3n) is 4.75. The number of benzene rings is 1. The van der Waals surface area contributed by atoms with Crippen LogP contribution in [-0.2, 0) is 17.6 Å². The number of hydrogen-bond acceptors (Lipinski definition) is 6. The molecule has 0 spiro atoms. The number of anilines is 1. The fourth-order valence-electron chi connectivity index (χ4n) is 3.36. The number of carbonyl (C=O) groups is 1. The largest absolute Gasteiger partial charge is 0.454 e. The Morgan fingerprint density at radius 1 is 1.28 bits per heavy atom. The Balaban J connectivity index is 1.46. The molecule has 2 aromatic rings. The highest BCUT2D eigenvalue weighted by Gasteiger charge is 2.24. The van der Waals surface area contributed by atoms with Crippen LogP contribution in [-0.4, -0.2) is 35.7 Å². The number of nitrogens with one attached hydrogen (secondary N) is 1. The average Bonchev–Trinajstić information content (AvgIpc) is 3.15. The second-order valence-electron chi connectivity index (χ2n) is 6.39. The summed E-state index contributed by atoms with van der Waals surface area (Å²) in [6, 6.07) is 6.50. The van der Waals surface area contributed by atoms with Gasteiger partial charge in [-0.25, -0.2) is 4.98 Å². The van der Waals surface area contributed by atoms with Crippen molar-refractivity contribution in [1.29, 1.82) is 0 Å². The quantitative estimate of drug-likeness (QED) is 0.913. The maximum absolute atomic E-state index is 11.2. The summed E-state index contributed by atoms with van der Waals surface area (Å²) in [6.07, 6.45) is 1.86. The van der Waals surface area contributed by atoms with Gasteiger partial charge in [-0.05, 0) is 31.0 Å². The molecular formula is C18H21N3O3S. The Labute approximate surface area is 150 Å². The molecular weight excluding hydrogens is 338 g/mol. The molecule has 2 aliphatic heterocycles. The van der Waals surface area contributed by atoms with Crippen LogP contribution in [0.25, 0.3) is 0 Å². The van der Waals surface area contributed by atoms with Gasteiger partial charge in [-0.3, -0.25) is 9.69 Å². The molecule has 0 bridgehead atoms. The van der Waals surface area contributed by atoms with Crippen LogP contribution in [0.3, 0.4) is 0 Å². The van der Waals surface area contributed by atoms with E-state index in [1.807, 2.05) is 6.07 Å². The third kappa shape index (κ3) is 3.34. The molecule has 1 aromatic carbocycles. The molecule has 6 nitrogen and oxygen atoms in total. The number of hydrogen-bond donors (Lipinski definition) is 1. The smallest absolute Gasteiger partial charge is 0.231 e. The Morgan fingerprint density at radius 3 is 2.92 bits per heavy atom. The standard InChI is InChI=1S/C18H21N3O3S/c1-11(13-3-4-15-16(9-13)24-10-23-15)21-7-5-14-17(6-8-21)25-18(20-14)19-12(2)22/h3-4,9,11H,5-8,10H2,1-2H3,(H,19,20,22). The molecule has 0 saturated carbocycles. The maximum Gasteiger partial charge on any atom is 0.231 e. The highest BCUT2D eigenvalue weighted by Crippen LogP contribution is 2.36. The molecule has 0 radical (unpaired) electrons. The van der Waals surface area contributed by atoms with E-state index >= 15 is 0 Å². The van der Waals surface area contributed by atoms with Crippen molar-refractivity contribution in [3.05, 3.63) is 34.3 Å². The summed E-state index contributed by atoms with van der Waals surface area (Å²) in [4.78, 5) is 19.5. The lowest BCUT2D eigenvalue weighted by Crippen LogP contribution is -2.29. The van der Waals surface area contributed by atoms with Crippen molar-refractivity contribution in [2.45, 2.75) is 32.7 Å². The molecule has 0 aliphatic carbocycles. The van der Waals surface area contributed by atoms with Crippen molar-refractivity contribution in [3.8, 4) is 11.5 Å². The molecule has 25 heavy (non-hydrogen) atoms. The molecule has 4 rings (SSSR count). The molecule has 1 unspecified atom stereocenters. The van der Waals surface area contributed by atoms with Gasteiger partial charge in [0.2, 0.25) is 12.7 Å². The molecule has 132 valence electrons. The van der Waals surface area contributed by atoms with Gasteiger partial charge in [0.25, 0.3) is 0 Å². The van der Waals surface area contributed by atoms with Crippen LogP contribution < -0.4 is 14.8 Å². The summed E-state index contributed by atoms with van der Waals surface area (Å²) >= 11 is 1.60. The van der Waals surface area contributed by atoms with Gasteiger partial charge < -0.3 is 14.8 Å². The molecule has 7 heteroatoms. The van der Waals surface area contributed by atoms with Gasteiger partial charge in [0.15, 0.2) is 16.6 Å². The zero-order valence-electron chi connectivity index (χ0n) is 14.4. The van der Waals surface area contributed by atoms with Crippen molar-refractivity contribution in [1.82, 2.24) is 9.88 Å². The Bertz CT molecular complexity index is 779.